The quantitative estimate of drug-likeness (QED) is 0.202. The van der Waals surface area contributed by atoms with Gasteiger partial charge < -0.3 is 14.2 Å². The fraction of sp³-hybridized carbons (Fsp3) is 0.480. The second-order valence-electron chi connectivity index (χ2n) is 8.58. The minimum atomic E-state index is -3.78. The van der Waals surface area contributed by atoms with Gasteiger partial charge in [0, 0.05) is 11.3 Å². The standard InChI is InChI=1S/C25H33ClO7S/c1-19(21-9-6-5-7-10-21)33-24(27)23(31-17-20-11-13-22(30-4)14-12-20)25(2,3)18-32-34(28,29)16-8-15-26/h5-7,9-14,19,23H,8,15-18H2,1-4H3/t19-,23+/m1/s1. The molecule has 0 spiro atoms. The Morgan fingerprint density at radius 1 is 1.06 bits per heavy atom. The molecule has 9 heteroatoms. The molecular formula is C25H33ClO7S. The number of carbonyl (C=O) groups is 1. The predicted molar refractivity (Wildman–Crippen MR) is 131 cm³/mol. The molecule has 2 aromatic carbocycles. The molecule has 0 heterocycles. The van der Waals surface area contributed by atoms with Crippen molar-refractivity contribution < 1.29 is 31.6 Å². The van der Waals surface area contributed by atoms with E-state index in [0.29, 0.717) is 5.75 Å². The van der Waals surface area contributed by atoms with E-state index in [1.54, 1.807) is 40.0 Å². The van der Waals surface area contributed by atoms with Gasteiger partial charge in [-0.2, -0.15) is 8.42 Å². The van der Waals surface area contributed by atoms with Crippen molar-refractivity contribution in [2.24, 2.45) is 5.41 Å². The molecule has 2 rings (SSSR count). The van der Waals surface area contributed by atoms with E-state index in [1.165, 1.54) is 0 Å². The summed E-state index contributed by atoms with van der Waals surface area (Å²) in [6, 6.07) is 16.6. The van der Waals surface area contributed by atoms with Crippen molar-refractivity contribution in [3.63, 3.8) is 0 Å². The Kier molecular flexibility index (Phi) is 10.8. The summed E-state index contributed by atoms with van der Waals surface area (Å²) in [5.41, 5.74) is 0.650. The van der Waals surface area contributed by atoms with Crippen molar-refractivity contribution in [3.05, 3.63) is 65.7 Å². The van der Waals surface area contributed by atoms with Gasteiger partial charge in [0.25, 0.3) is 10.1 Å². The van der Waals surface area contributed by atoms with Gasteiger partial charge in [0.2, 0.25) is 0 Å². The number of esters is 1. The van der Waals surface area contributed by atoms with Crippen molar-refractivity contribution >= 4 is 27.7 Å². The maximum Gasteiger partial charge on any atom is 0.336 e. The molecular weight excluding hydrogens is 480 g/mol. The summed E-state index contributed by atoms with van der Waals surface area (Å²) in [5, 5.41) is 0. The van der Waals surface area contributed by atoms with Crippen LogP contribution in [-0.4, -0.2) is 45.8 Å². The lowest BCUT2D eigenvalue weighted by Gasteiger charge is -2.33. The van der Waals surface area contributed by atoms with Gasteiger partial charge in [-0.25, -0.2) is 4.79 Å². The number of rotatable bonds is 14. The summed E-state index contributed by atoms with van der Waals surface area (Å²) in [5.74, 6) is 0.117. The van der Waals surface area contributed by atoms with E-state index in [-0.39, 0.29) is 31.3 Å². The normalized spacial score (nSPS) is 13.8. The zero-order chi connectivity index (χ0) is 25.2. The molecule has 2 aromatic rings. The average Bonchev–Trinajstić information content (AvgIpc) is 2.82. The Balaban J connectivity index is 2.17. The molecule has 34 heavy (non-hydrogen) atoms. The lowest BCUT2D eigenvalue weighted by molar-refractivity contribution is -0.174. The second-order valence-corrected chi connectivity index (χ2v) is 10.7. The average molecular weight is 513 g/mol. The van der Waals surface area contributed by atoms with Crippen LogP contribution in [0.4, 0.5) is 0 Å². The van der Waals surface area contributed by atoms with E-state index in [0.717, 1.165) is 11.1 Å². The van der Waals surface area contributed by atoms with E-state index in [4.69, 9.17) is 30.0 Å². The minimum absolute atomic E-state index is 0.117. The van der Waals surface area contributed by atoms with Crippen molar-refractivity contribution in [1.82, 2.24) is 0 Å². The number of methoxy groups -OCH3 is 1. The number of benzene rings is 2. The summed E-state index contributed by atoms with van der Waals surface area (Å²) in [6.07, 6.45) is -1.31. The maximum atomic E-state index is 13.2. The zero-order valence-corrected chi connectivity index (χ0v) is 21.6. The second kappa shape index (κ2) is 13.1. The van der Waals surface area contributed by atoms with E-state index >= 15 is 0 Å². The molecule has 0 aliphatic carbocycles. The number of hydrogen-bond acceptors (Lipinski definition) is 7. The first kappa shape index (κ1) is 28.1. The molecule has 0 saturated heterocycles. The van der Waals surface area contributed by atoms with Gasteiger partial charge in [-0.1, -0.05) is 56.3 Å². The predicted octanol–water partition coefficient (Wildman–Crippen LogP) is 4.89. The topological polar surface area (TPSA) is 88.1 Å². The van der Waals surface area contributed by atoms with Crippen LogP contribution < -0.4 is 4.74 Å². The molecule has 0 fully saturated rings. The van der Waals surface area contributed by atoms with Gasteiger partial charge in [-0.05, 0) is 36.6 Å². The third-order valence-electron chi connectivity index (χ3n) is 5.20. The molecule has 0 unspecified atom stereocenters. The Hall–Kier alpha value is -2.13. The van der Waals surface area contributed by atoms with Crippen LogP contribution in [0.25, 0.3) is 0 Å². The largest absolute Gasteiger partial charge is 0.497 e. The highest BCUT2D eigenvalue weighted by Crippen LogP contribution is 2.29. The van der Waals surface area contributed by atoms with E-state index < -0.39 is 33.7 Å². The Morgan fingerprint density at radius 3 is 2.29 bits per heavy atom. The molecule has 2 atom stereocenters. The molecule has 0 bridgehead atoms. The van der Waals surface area contributed by atoms with Crippen LogP contribution in [0.2, 0.25) is 0 Å². The van der Waals surface area contributed by atoms with Crippen LogP contribution in [-0.2, 0) is 35.2 Å². The van der Waals surface area contributed by atoms with Crippen LogP contribution in [0.1, 0.15) is 44.4 Å². The van der Waals surface area contributed by atoms with E-state index in [1.807, 2.05) is 42.5 Å². The van der Waals surface area contributed by atoms with Gasteiger partial charge in [0.1, 0.15) is 11.9 Å². The maximum absolute atomic E-state index is 13.2. The number of alkyl halides is 1. The van der Waals surface area contributed by atoms with Crippen LogP contribution in [0.5, 0.6) is 5.75 Å². The first-order valence-corrected chi connectivity index (χ1v) is 13.1. The van der Waals surface area contributed by atoms with Gasteiger partial charge in [-0.15, -0.1) is 11.6 Å². The highest BCUT2D eigenvalue weighted by atomic mass is 35.5. The molecule has 0 amide bonds. The lowest BCUT2D eigenvalue weighted by Crippen LogP contribution is -2.43. The van der Waals surface area contributed by atoms with Crippen LogP contribution in [0.15, 0.2) is 54.6 Å². The van der Waals surface area contributed by atoms with Gasteiger partial charge in [-0.3, -0.25) is 4.18 Å². The number of halogens is 1. The van der Waals surface area contributed by atoms with Crippen LogP contribution in [0, 0.1) is 5.41 Å². The van der Waals surface area contributed by atoms with Gasteiger partial charge >= 0.3 is 5.97 Å². The van der Waals surface area contributed by atoms with Gasteiger partial charge in [0.05, 0.1) is 26.1 Å². The number of carbonyl (C=O) groups excluding carboxylic acids is 1. The Labute approximate surface area is 207 Å². The molecule has 0 aliphatic rings. The zero-order valence-electron chi connectivity index (χ0n) is 20.0. The molecule has 7 nitrogen and oxygen atoms in total. The third kappa shape index (κ3) is 8.91. The summed E-state index contributed by atoms with van der Waals surface area (Å²) in [4.78, 5) is 13.2. The summed E-state index contributed by atoms with van der Waals surface area (Å²) in [6.45, 7) is 5.05. The SMILES string of the molecule is COc1ccc(CO[C@@H](C(=O)O[C@H](C)c2ccccc2)C(C)(C)COS(=O)(=O)CCCCl)cc1. The lowest BCUT2D eigenvalue weighted by atomic mass is 9.87. The monoisotopic (exact) mass is 512 g/mol. The molecule has 0 aliphatic heterocycles. The smallest absolute Gasteiger partial charge is 0.336 e. The van der Waals surface area contributed by atoms with Crippen molar-refractivity contribution in [3.8, 4) is 5.75 Å². The molecule has 188 valence electrons. The number of ether oxygens (including phenoxy) is 3. The fourth-order valence-electron chi connectivity index (χ4n) is 3.15. The number of hydrogen-bond donors (Lipinski definition) is 0. The highest BCUT2D eigenvalue weighted by Gasteiger charge is 2.40. The first-order valence-electron chi connectivity index (χ1n) is 11.0. The van der Waals surface area contributed by atoms with Crippen LogP contribution in [0.3, 0.4) is 0 Å². The summed E-state index contributed by atoms with van der Waals surface area (Å²) >= 11 is 5.60. The summed E-state index contributed by atoms with van der Waals surface area (Å²) in [7, 11) is -2.20. The Morgan fingerprint density at radius 2 is 1.71 bits per heavy atom. The highest BCUT2D eigenvalue weighted by molar-refractivity contribution is 7.86. The minimum Gasteiger partial charge on any atom is -0.497 e. The van der Waals surface area contributed by atoms with Crippen molar-refractivity contribution in [2.45, 2.75) is 46.0 Å². The van der Waals surface area contributed by atoms with Crippen molar-refractivity contribution in [2.75, 3.05) is 25.3 Å². The molecule has 0 saturated carbocycles. The summed E-state index contributed by atoms with van der Waals surface area (Å²) < 4.78 is 46.4. The molecule has 0 aromatic heterocycles. The fourth-order valence-corrected chi connectivity index (χ4v) is 4.54. The van der Waals surface area contributed by atoms with E-state index in [2.05, 4.69) is 0 Å². The Bertz CT molecular complexity index is 992. The first-order chi connectivity index (χ1) is 16.1. The third-order valence-corrected chi connectivity index (χ3v) is 6.73. The van der Waals surface area contributed by atoms with Crippen molar-refractivity contribution in [1.29, 1.82) is 0 Å². The van der Waals surface area contributed by atoms with Gasteiger partial charge in [0.15, 0.2) is 6.10 Å². The van der Waals surface area contributed by atoms with E-state index in [9.17, 15) is 13.2 Å². The molecule has 0 radical (unpaired) electrons. The molecule has 0 N–H and O–H groups in total. The van der Waals surface area contributed by atoms with Crippen LogP contribution >= 0.6 is 11.6 Å².